The van der Waals surface area contributed by atoms with Crippen LogP contribution in [0.4, 0.5) is 8.78 Å². The molecule has 0 atom stereocenters. The van der Waals surface area contributed by atoms with E-state index < -0.39 is 12.9 Å². The maximum Gasteiger partial charge on any atom is 0.488 e. The second-order valence-corrected chi connectivity index (χ2v) is 8.76. The van der Waals surface area contributed by atoms with Crippen molar-refractivity contribution in [1.29, 1.82) is 0 Å². The normalized spacial score (nSPS) is 10.6. The molecule has 3 N–H and O–H groups in total. The van der Waals surface area contributed by atoms with Gasteiger partial charge >= 0.3 is 7.12 Å². The average molecular weight is 612 g/mol. The summed E-state index contributed by atoms with van der Waals surface area (Å²) < 4.78 is 27.1. The molecule has 6 rings (SSSR count). The second-order valence-electron chi connectivity index (χ2n) is 7.36. The Balaban J connectivity index is 0.000000145. The van der Waals surface area contributed by atoms with Gasteiger partial charge in [-0.25, -0.2) is 28.7 Å². The number of hydrogen-bond acceptors (Lipinski definition) is 8. The molecule has 6 aromatic rings. The number of H-pyrrole nitrogens is 1. The third-order valence-electron chi connectivity index (χ3n) is 4.77. The van der Waals surface area contributed by atoms with Crippen LogP contribution in [0.5, 0.6) is 0 Å². The molecular weight excluding hydrogens is 599 g/mol. The Labute approximate surface area is 238 Å². The molecule has 0 saturated carbocycles. The molecule has 0 spiro atoms. The highest BCUT2D eigenvalue weighted by Crippen LogP contribution is 2.23. The van der Waals surface area contributed by atoms with E-state index in [2.05, 4.69) is 34.9 Å². The molecule has 198 valence electrons. The Morgan fingerprint density at radius 2 is 1.46 bits per heavy atom. The zero-order chi connectivity index (χ0) is 28.1. The van der Waals surface area contributed by atoms with Crippen molar-refractivity contribution in [3.63, 3.8) is 0 Å². The maximum absolute atomic E-state index is 13.2. The highest BCUT2D eigenvalue weighted by Gasteiger charge is 2.12. The molecule has 2 aromatic carbocycles. The first-order valence-electron chi connectivity index (χ1n) is 10.6. The number of hydrogen-bond donors (Lipinski definition) is 3. The summed E-state index contributed by atoms with van der Waals surface area (Å²) in [5, 5.41) is 17.7. The van der Waals surface area contributed by atoms with Gasteiger partial charge in [-0.1, -0.05) is 41.4 Å². The lowest BCUT2D eigenvalue weighted by atomic mass is 9.80. The van der Waals surface area contributed by atoms with E-state index in [1.54, 1.807) is 16.7 Å². The first-order chi connectivity index (χ1) is 18.6. The van der Waals surface area contributed by atoms with Crippen molar-refractivity contribution in [2.75, 3.05) is 0 Å². The van der Waals surface area contributed by atoms with Crippen molar-refractivity contribution in [3.8, 4) is 5.69 Å². The van der Waals surface area contributed by atoms with Crippen molar-refractivity contribution in [2.45, 2.75) is 0 Å². The van der Waals surface area contributed by atoms with Crippen LogP contribution >= 0.6 is 46.4 Å². The summed E-state index contributed by atoms with van der Waals surface area (Å²) in [6.07, 6.45) is 2.98. The number of halogens is 6. The van der Waals surface area contributed by atoms with E-state index in [9.17, 15) is 8.78 Å². The minimum Gasteiger partial charge on any atom is -0.423 e. The quantitative estimate of drug-likeness (QED) is 0.149. The Hall–Kier alpha value is -3.46. The third kappa shape index (κ3) is 7.15. The van der Waals surface area contributed by atoms with Gasteiger partial charge in [0.25, 0.3) is 0 Å². The van der Waals surface area contributed by atoms with Crippen molar-refractivity contribution in [3.05, 3.63) is 93.7 Å². The van der Waals surface area contributed by atoms with E-state index in [1.807, 2.05) is 0 Å². The average Bonchev–Trinajstić information content (AvgIpc) is 3.52. The zero-order valence-corrected chi connectivity index (χ0v) is 22.2. The van der Waals surface area contributed by atoms with Crippen LogP contribution in [-0.2, 0) is 0 Å². The van der Waals surface area contributed by atoms with Crippen LogP contribution in [0.25, 0.3) is 28.0 Å². The molecular formula is C22H13BCl4F2N8O2. The lowest BCUT2D eigenvalue weighted by Crippen LogP contribution is -2.29. The molecule has 0 radical (unpaired) electrons. The fourth-order valence-corrected chi connectivity index (χ4v) is 3.94. The molecule has 0 bridgehead atoms. The van der Waals surface area contributed by atoms with Crippen LogP contribution in [0.15, 0.2) is 61.2 Å². The van der Waals surface area contributed by atoms with Crippen LogP contribution in [0.2, 0.25) is 20.9 Å². The van der Waals surface area contributed by atoms with Crippen LogP contribution in [0.3, 0.4) is 0 Å². The number of aromatic nitrogens is 8. The topological polar surface area (TPSA) is 139 Å². The second kappa shape index (κ2) is 12.6. The summed E-state index contributed by atoms with van der Waals surface area (Å²) in [6, 6.07) is 11.2. The van der Waals surface area contributed by atoms with Gasteiger partial charge in [-0.2, -0.15) is 9.97 Å². The first kappa shape index (κ1) is 28.6. The number of imidazole rings is 2. The predicted molar refractivity (Wildman–Crippen MR) is 145 cm³/mol. The zero-order valence-electron chi connectivity index (χ0n) is 19.1. The summed E-state index contributed by atoms with van der Waals surface area (Å²) in [7, 11) is -1.59. The van der Waals surface area contributed by atoms with Crippen LogP contribution < -0.4 is 5.46 Å². The van der Waals surface area contributed by atoms with Crippen LogP contribution in [0.1, 0.15) is 0 Å². The monoisotopic (exact) mass is 610 g/mol. The molecule has 17 heteroatoms. The number of aromatic amines is 1. The summed E-state index contributed by atoms with van der Waals surface area (Å²) in [6.45, 7) is 0. The number of nitrogens with zero attached hydrogens (tertiary/aromatic N) is 7. The molecule has 0 aliphatic carbocycles. The molecule has 10 nitrogen and oxygen atoms in total. The fourth-order valence-electron chi connectivity index (χ4n) is 3.10. The Morgan fingerprint density at radius 1 is 0.795 bits per heavy atom. The fraction of sp³-hybridized carbons (Fsp3) is 0. The molecule has 0 amide bonds. The molecule has 4 heterocycles. The summed E-state index contributed by atoms with van der Waals surface area (Å²) in [5.41, 5.74) is 2.70. The van der Waals surface area contributed by atoms with Gasteiger partial charge in [-0.15, -0.1) is 0 Å². The Bertz CT molecular complexity index is 1750. The first-order valence-corrected chi connectivity index (χ1v) is 12.1. The summed E-state index contributed by atoms with van der Waals surface area (Å²) in [5.74, 6) is -0.814. The number of nitrogens with one attached hydrogen (secondary N) is 1. The van der Waals surface area contributed by atoms with Gasteiger partial charge in [0.2, 0.25) is 10.6 Å². The molecule has 0 saturated heterocycles. The van der Waals surface area contributed by atoms with Crippen LogP contribution in [0, 0.1) is 11.6 Å². The van der Waals surface area contributed by atoms with Gasteiger partial charge in [0.05, 0.1) is 12.0 Å². The summed E-state index contributed by atoms with van der Waals surface area (Å²) >= 11 is 22.9. The molecule has 39 heavy (non-hydrogen) atoms. The molecule has 0 aliphatic heterocycles. The van der Waals surface area contributed by atoms with Crippen molar-refractivity contribution >= 4 is 81.3 Å². The van der Waals surface area contributed by atoms with Gasteiger partial charge in [0, 0.05) is 0 Å². The summed E-state index contributed by atoms with van der Waals surface area (Å²) in [4.78, 5) is 26.1. The minimum absolute atomic E-state index is 0.0191. The van der Waals surface area contributed by atoms with E-state index in [-0.39, 0.29) is 32.2 Å². The largest absolute Gasteiger partial charge is 0.488 e. The van der Waals surface area contributed by atoms with E-state index in [0.717, 1.165) is 6.07 Å². The molecule has 0 unspecified atom stereocenters. The van der Waals surface area contributed by atoms with Crippen LogP contribution in [-0.4, -0.2) is 56.6 Å². The van der Waals surface area contributed by atoms with E-state index in [0.29, 0.717) is 28.0 Å². The standard InChI is InChI=1S/C11H5Cl2FN4.C6H6BFO2.C5H2Cl2N4/c12-9-8-10(17-11(13)16-9)18(5-15-8)7-3-1-2-6(14)4-7;8-6-3-1-2-5(4-6)7(9)10;6-3-2-4(9-1-8-2)11-5(7)10-3/h1-5H;1-4,9-10H;1H,(H,8,9,10,11). The van der Waals surface area contributed by atoms with E-state index in [1.165, 1.54) is 43.0 Å². The third-order valence-corrected chi connectivity index (χ3v) is 5.65. The lowest BCUT2D eigenvalue weighted by Gasteiger charge is -2.03. The number of benzene rings is 2. The SMILES string of the molecule is Clc1nc(Cl)c2[nH]cnc2n1.Fc1cccc(-n2cnc3c(Cl)nc(Cl)nc32)c1.OB(O)c1cccc(F)c1. The van der Waals surface area contributed by atoms with Crippen molar-refractivity contribution in [1.82, 2.24) is 39.5 Å². The van der Waals surface area contributed by atoms with Gasteiger partial charge < -0.3 is 15.0 Å². The van der Waals surface area contributed by atoms with Gasteiger partial charge in [-0.3, -0.25) is 4.57 Å². The lowest BCUT2D eigenvalue weighted by molar-refractivity contribution is 0.425. The van der Waals surface area contributed by atoms with Gasteiger partial charge in [0.15, 0.2) is 21.6 Å². The minimum atomic E-state index is -1.59. The Morgan fingerprint density at radius 3 is 2.13 bits per heavy atom. The van der Waals surface area contributed by atoms with Gasteiger partial charge in [-0.05, 0) is 59.0 Å². The predicted octanol–water partition coefficient (Wildman–Crippen LogP) is 4.43. The highest BCUT2D eigenvalue weighted by molar-refractivity contribution is 6.58. The van der Waals surface area contributed by atoms with E-state index in [4.69, 9.17) is 56.5 Å². The molecule has 0 fully saturated rings. The number of fused-ring (bicyclic) bond motifs is 2. The Kier molecular flexibility index (Phi) is 9.22. The van der Waals surface area contributed by atoms with E-state index >= 15 is 0 Å². The molecule has 4 aromatic heterocycles. The van der Waals surface area contributed by atoms with Crippen molar-refractivity contribution in [2.24, 2.45) is 0 Å². The smallest absolute Gasteiger partial charge is 0.423 e. The molecule has 0 aliphatic rings. The number of rotatable bonds is 2. The maximum atomic E-state index is 13.2. The highest BCUT2D eigenvalue weighted by atomic mass is 35.5. The van der Waals surface area contributed by atoms with Crippen molar-refractivity contribution < 1.29 is 18.8 Å². The van der Waals surface area contributed by atoms with Gasteiger partial charge in [0.1, 0.15) is 29.0 Å².